The van der Waals surface area contributed by atoms with Gasteiger partial charge in [0, 0.05) is 37.4 Å². The minimum absolute atomic E-state index is 0.152. The maximum Gasteiger partial charge on any atom is 0.253 e. The van der Waals surface area contributed by atoms with Crippen LogP contribution in [0, 0.1) is 13.8 Å². The molecule has 1 saturated heterocycles. The van der Waals surface area contributed by atoms with E-state index in [1.54, 1.807) is 0 Å². The summed E-state index contributed by atoms with van der Waals surface area (Å²) in [5.74, 6) is 0.152. The second-order valence-electron chi connectivity index (χ2n) is 5.99. The van der Waals surface area contributed by atoms with E-state index in [9.17, 15) is 4.79 Å². The molecular formula is C19H22N2O. The molecule has 0 unspecified atom stereocenters. The fourth-order valence-corrected chi connectivity index (χ4v) is 3.09. The van der Waals surface area contributed by atoms with Crippen molar-refractivity contribution in [2.24, 2.45) is 0 Å². The van der Waals surface area contributed by atoms with Crippen molar-refractivity contribution >= 4 is 11.6 Å². The molecule has 1 heterocycles. The predicted octanol–water partition coefficient (Wildman–Crippen LogP) is 3.27. The maximum atomic E-state index is 12.7. The van der Waals surface area contributed by atoms with Crippen LogP contribution in [0.2, 0.25) is 0 Å². The molecule has 3 nitrogen and oxygen atoms in total. The number of hydrogen-bond acceptors (Lipinski definition) is 2. The lowest BCUT2D eigenvalue weighted by molar-refractivity contribution is 0.0746. The Balaban J connectivity index is 1.67. The van der Waals surface area contributed by atoms with Gasteiger partial charge in [0.1, 0.15) is 0 Å². The van der Waals surface area contributed by atoms with E-state index in [0.717, 1.165) is 42.9 Å². The second kappa shape index (κ2) is 6.22. The molecule has 0 atom stereocenters. The van der Waals surface area contributed by atoms with Gasteiger partial charge in [-0.3, -0.25) is 4.79 Å². The monoisotopic (exact) mass is 294 g/mol. The molecular weight excluding hydrogens is 272 g/mol. The third-order valence-corrected chi connectivity index (χ3v) is 4.16. The summed E-state index contributed by atoms with van der Waals surface area (Å²) in [6.07, 6.45) is 0. The summed E-state index contributed by atoms with van der Waals surface area (Å²) in [6, 6.07) is 16.5. The van der Waals surface area contributed by atoms with E-state index in [0.29, 0.717) is 0 Å². The van der Waals surface area contributed by atoms with Gasteiger partial charge >= 0.3 is 0 Å². The molecule has 1 fully saturated rings. The van der Waals surface area contributed by atoms with Crippen molar-refractivity contribution in [3.8, 4) is 0 Å². The van der Waals surface area contributed by atoms with Crippen LogP contribution in [0.1, 0.15) is 21.5 Å². The van der Waals surface area contributed by atoms with Crippen molar-refractivity contribution in [2.75, 3.05) is 31.1 Å². The van der Waals surface area contributed by atoms with Crippen molar-refractivity contribution in [3.63, 3.8) is 0 Å². The van der Waals surface area contributed by atoms with Gasteiger partial charge in [0.15, 0.2) is 0 Å². The fraction of sp³-hybridized carbons (Fsp3) is 0.316. The van der Waals surface area contributed by atoms with Crippen LogP contribution in [-0.2, 0) is 0 Å². The van der Waals surface area contributed by atoms with Gasteiger partial charge in [-0.25, -0.2) is 0 Å². The molecule has 3 heteroatoms. The minimum atomic E-state index is 0.152. The summed E-state index contributed by atoms with van der Waals surface area (Å²) >= 11 is 0. The molecule has 1 amide bonds. The highest BCUT2D eigenvalue weighted by Gasteiger charge is 2.22. The summed E-state index contributed by atoms with van der Waals surface area (Å²) in [5, 5.41) is 0. The smallest absolute Gasteiger partial charge is 0.253 e. The highest BCUT2D eigenvalue weighted by atomic mass is 16.2. The van der Waals surface area contributed by atoms with E-state index in [1.165, 1.54) is 5.69 Å². The minimum Gasteiger partial charge on any atom is -0.368 e. The first-order chi connectivity index (χ1) is 10.6. The number of hydrogen-bond donors (Lipinski definition) is 0. The Morgan fingerprint density at radius 1 is 0.864 bits per heavy atom. The summed E-state index contributed by atoms with van der Waals surface area (Å²) in [7, 11) is 0. The van der Waals surface area contributed by atoms with Gasteiger partial charge in [-0.05, 0) is 38.1 Å². The van der Waals surface area contributed by atoms with Gasteiger partial charge < -0.3 is 9.80 Å². The molecule has 0 aliphatic carbocycles. The number of nitrogens with zero attached hydrogens (tertiary/aromatic N) is 2. The van der Waals surface area contributed by atoms with E-state index >= 15 is 0 Å². The zero-order valence-corrected chi connectivity index (χ0v) is 13.2. The number of benzene rings is 2. The number of para-hydroxylation sites is 1. The van der Waals surface area contributed by atoms with Crippen LogP contribution in [0.4, 0.5) is 5.69 Å². The van der Waals surface area contributed by atoms with Crippen LogP contribution in [-0.4, -0.2) is 37.0 Å². The summed E-state index contributed by atoms with van der Waals surface area (Å²) in [4.78, 5) is 17.0. The van der Waals surface area contributed by atoms with E-state index in [1.807, 2.05) is 36.9 Å². The molecule has 0 spiro atoms. The average Bonchev–Trinajstić information content (AvgIpc) is 2.54. The molecule has 0 saturated carbocycles. The van der Waals surface area contributed by atoms with E-state index in [4.69, 9.17) is 0 Å². The van der Waals surface area contributed by atoms with Gasteiger partial charge in [0.05, 0.1) is 0 Å². The normalized spacial score (nSPS) is 15.0. The Bertz CT molecular complexity index is 638. The molecule has 1 aliphatic heterocycles. The molecule has 0 N–H and O–H groups in total. The Morgan fingerprint density at radius 2 is 1.45 bits per heavy atom. The van der Waals surface area contributed by atoms with Gasteiger partial charge in [0.25, 0.3) is 5.91 Å². The van der Waals surface area contributed by atoms with Crippen LogP contribution in [0.3, 0.4) is 0 Å². The number of carbonyl (C=O) groups excluding carboxylic acids is 1. The van der Waals surface area contributed by atoms with Crippen LogP contribution in [0.15, 0.2) is 48.5 Å². The topological polar surface area (TPSA) is 23.6 Å². The van der Waals surface area contributed by atoms with E-state index < -0.39 is 0 Å². The van der Waals surface area contributed by atoms with Crippen LogP contribution >= 0.6 is 0 Å². The Hall–Kier alpha value is -2.29. The lowest BCUT2D eigenvalue weighted by Crippen LogP contribution is -2.48. The number of piperazine rings is 1. The summed E-state index contributed by atoms with van der Waals surface area (Å²) in [5.41, 5.74) is 4.34. The molecule has 2 aromatic rings. The molecule has 0 bridgehead atoms. The highest BCUT2D eigenvalue weighted by Crippen LogP contribution is 2.17. The average molecular weight is 294 g/mol. The molecule has 1 aliphatic rings. The van der Waals surface area contributed by atoms with Crippen molar-refractivity contribution in [1.82, 2.24) is 4.90 Å². The Labute approximate surface area is 132 Å². The van der Waals surface area contributed by atoms with Crippen molar-refractivity contribution in [1.29, 1.82) is 0 Å². The lowest BCUT2D eigenvalue weighted by Gasteiger charge is -2.36. The number of carbonyl (C=O) groups is 1. The van der Waals surface area contributed by atoms with Gasteiger partial charge in [-0.15, -0.1) is 0 Å². The van der Waals surface area contributed by atoms with Crippen molar-refractivity contribution < 1.29 is 4.79 Å². The van der Waals surface area contributed by atoms with Crippen LogP contribution in [0.5, 0.6) is 0 Å². The second-order valence-corrected chi connectivity index (χ2v) is 5.99. The third-order valence-electron chi connectivity index (χ3n) is 4.16. The third kappa shape index (κ3) is 3.14. The Kier molecular flexibility index (Phi) is 4.14. The quantitative estimate of drug-likeness (QED) is 0.848. The summed E-state index contributed by atoms with van der Waals surface area (Å²) in [6.45, 7) is 7.41. The standard InChI is InChI=1S/C19H22N2O/c1-15-12-16(2)14-17(13-15)19(22)21-10-8-20(9-11-21)18-6-4-3-5-7-18/h3-7,12-14H,8-11H2,1-2H3. The number of amides is 1. The Morgan fingerprint density at radius 3 is 2.05 bits per heavy atom. The maximum absolute atomic E-state index is 12.7. The predicted molar refractivity (Wildman–Crippen MR) is 90.5 cm³/mol. The zero-order valence-electron chi connectivity index (χ0n) is 13.2. The number of anilines is 1. The van der Waals surface area contributed by atoms with Crippen LogP contribution in [0.25, 0.3) is 0 Å². The molecule has 0 radical (unpaired) electrons. The SMILES string of the molecule is Cc1cc(C)cc(C(=O)N2CCN(c3ccccc3)CC2)c1. The fourth-order valence-electron chi connectivity index (χ4n) is 3.09. The van der Waals surface area contributed by atoms with Gasteiger partial charge in [-0.1, -0.05) is 35.4 Å². The molecule has 0 aromatic heterocycles. The first kappa shape index (κ1) is 14.6. The zero-order chi connectivity index (χ0) is 15.5. The largest absolute Gasteiger partial charge is 0.368 e. The molecule has 114 valence electrons. The lowest BCUT2D eigenvalue weighted by atomic mass is 10.1. The van der Waals surface area contributed by atoms with Crippen molar-refractivity contribution in [2.45, 2.75) is 13.8 Å². The van der Waals surface area contributed by atoms with E-state index in [2.05, 4.69) is 35.2 Å². The van der Waals surface area contributed by atoms with Gasteiger partial charge in [0.2, 0.25) is 0 Å². The molecule has 22 heavy (non-hydrogen) atoms. The summed E-state index contributed by atoms with van der Waals surface area (Å²) < 4.78 is 0. The van der Waals surface area contributed by atoms with Gasteiger partial charge in [-0.2, -0.15) is 0 Å². The first-order valence-electron chi connectivity index (χ1n) is 7.81. The van der Waals surface area contributed by atoms with E-state index in [-0.39, 0.29) is 5.91 Å². The number of aryl methyl sites for hydroxylation is 2. The van der Waals surface area contributed by atoms with Crippen LogP contribution < -0.4 is 4.90 Å². The van der Waals surface area contributed by atoms with Crippen molar-refractivity contribution in [3.05, 3.63) is 65.2 Å². The first-order valence-corrected chi connectivity index (χ1v) is 7.81. The molecule has 3 rings (SSSR count). The molecule has 2 aromatic carbocycles. The highest BCUT2D eigenvalue weighted by molar-refractivity contribution is 5.94. The number of rotatable bonds is 2.